The third-order valence-electron chi connectivity index (χ3n) is 6.90. The lowest BCUT2D eigenvalue weighted by Crippen LogP contribution is -2.15. The van der Waals surface area contributed by atoms with Gasteiger partial charge in [-0.3, -0.25) is 9.97 Å². The van der Waals surface area contributed by atoms with Gasteiger partial charge in [0.25, 0.3) is 0 Å². The second-order valence-corrected chi connectivity index (χ2v) is 10.2. The van der Waals surface area contributed by atoms with Gasteiger partial charge in [0.05, 0.1) is 34.9 Å². The maximum Gasteiger partial charge on any atom is 0.180 e. The van der Waals surface area contributed by atoms with Crippen LogP contribution in [0.2, 0.25) is 0 Å². The summed E-state index contributed by atoms with van der Waals surface area (Å²) in [6.45, 7) is 0. The lowest BCUT2D eigenvalue weighted by atomic mass is 10.1. The minimum Gasteiger partial charge on any atom is -0.322 e. The molecule has 0 saturated heterocycles. The van der Waals surface area contributed by atoms with Crippen LogP contribution in [0.15, 0.2) is 154 Å². The predicted octanol–water partition coefficient (Wildman–Crippen LogP) is 6.15. The number of benzene rings is 1. The van der Waals surface area contributed by atoms with Crippen molar-refractivity contribution in [1.82, 2.24) is 29.9 Å². The molecule has 0 aliphatic carbocycles. The summed E-state index contributed by atoms with van der Waals surface area (Å²) in [7, 11) is 0. The molecule has 0 radical (unpaired) electrons. The largest absolute Gasteiger partial charge is 0.322 e. The molecule has 6 heterocycles. The Kier molecular flexibility index (Phi) is 8.85. The summed E-state index contributed by atoms with van der Waals surface area (Å²) in [5, 5.41) is 25.7. The van der Waals surface area contributed by atoms with Gasteiger partial charge in [-0.05, 0) is 60.7 Å². The highest BCUT2D eigenvalue weighted by Gasteiger charge is 2.09. The van der Waals surface area contributed by atoms with Gasteiger partial charge in [0.15, 0.2) is 11.7 Å². The number of anilines is 2. The highest BCUT2D eigenvalue weighted by Crippen LogP contribution is 2.23. The number of rotatable bonds is 8. The lowest BCUT2D eigenvalue weighted by Gasteiger charge is -2.07. The van der Waals surface area contributed by atoms with Crippen LogP contribution in [0.25, 0.3) is 21.8 Å². The van der Waals surface area contributed by atoms with E-state index in [2.05, 4.69) is 51.0 Å². The molecule has 0 atom stereocenters. The highest BCUT2D eigenvalue weighted by molar-refractivity contribution is 6.08. The van der Waals surface area contributed by atoms with E-state index in [9.17, 15) is 0 Å². The maximum absolute atomic E-state index is 4.87. The molecule has 0 amide bonds. The molecule has 7 aromatic rings. The molecule has 48 heavy (non-hydrogen) atoms. The number of fused-ring (bicyclic) bond motifs is 3. The quantitative estimate of drug-likeness (QED) is 0.0883. The Morgan fingerprint density at radius 2 is 0.875 bits per heavy atom. The molecule has 6 aromatic heterocycles. The molecule has 0 spiro atoms. The Morgan fingerprint density at radius 3 is 1.27 bits per heavy atom. The molecule has 0 saturated carbocycles. The van der Waals surface area contributed by atoms with Crippen molar-refractivity contribution in [3.05, 3.63) is 157 Å². The summed E-state index contributed by atoms with van der Waals surface area (Å²) in [6.07, 6.45) is 9.97. The minimum absolute atomic E-state index is 0.450. The number of hydrogen-bond donors (Lipinski definition) is 2. The first-order valence-corrected chi connectivity index (χ1v) is 14.9. The third kappa shape index (κ3) is 7.24. The van der Waals surface area contributed by atoms with E-state index in [-0.39, 0.29) is 0 Å². The summed E-state index contributed by atoms with van der Waals surface area (Å²) in [4.78, 5) is 27.2. The van der Waals surface area contributed by atoms with Gasteiger partial charge in [0, 0.05) is 35.6 Å². The Hall–Kier alpha value is -7.08. The second-order valence-electron chi connectivity index (χ2n) is 10.2. The van der Waals surface area contributed by atoms with E-state index in [1.807, 2.05) is 109 Å². The van der Waals surface area contributed by atoms with E-state index < -0.39 is 0 Å². The zero-order valence-corrected chi connectivity index (χ0v) is 25.3. The van der Waals surface area contributed by atoms with E-state index in [1.54, 1.807) is 37.2 Å². The predicted molar refractivity (Wildman–Crippen MR) is 189 cm³/mol. The van der Waals surface area contributed by atoms with Crippen molar-refractivity contribution in [3.63, 3.8) is 0 Å². The van der Waals surface area contributed by atoms with Crippen molar-refractivity contribution in [3.8, 4) is 0 Å². The third-order valence-corrected chi connectivity index (χ3v) is 6.90. The number of nitrogens with zero attached hydrogens (tertiary/aromatic N) is 10. The van der Waals surface area contributed by atoms with Crippen LogP contribution in [0.1, 0.15) is 22.8 Å². The summed E-state index contributed by atoms with van der Waals surface area (Å²) < 4.78 is 0. The summed E-state index contributed by atoms with van der Waals surface area (Å²) in [6, 6.07) is 34.0. The van der Waals surface area contributed by atoms with Gasteiger partial charge in [0.2, 0.25) is 0 Å². The standard InChI is InChI=1S/C36H26N12/c1-5-19-37-29(9-1)35(45-31-11-3-7-21-39-31)47-41-23-27-17-15-25-13-14-26-16-18-28(44-34(26)33(25)43-27)24-42-48-36(30-10-2-6-20-38-30)46-32-12-4-8-22-40-32/h1-24H,(H,39,45,47)(H,40,46,48). The Labute approximate surface area is 274 Å². The van der Waals surface area contributed by atoms with Crippen LogP contribution < -0.4 is 10.6 Å². The van der Waals surface area contributed by atoms with Gasteiger partial charge in [-0.25, -0.2) is 19.9 Å². The fraction of sp³-hybridized carbons (Fsp3) is 0. The van der Waals surface area contributed by atoms with E-state index in [0.29, 0.717) is 46.1 Å². The molecule has 0 bridgehead atoms. The van der Waals surface area contributed by atoms with Crippen LogP contribution in [-0.4, -0.2) is 54.0 Å². The second kappa shape index (κ2) is 14.3. The molecule has 0 unspecified atom stereocenters. The van der Waals surface area contributed by atoms with Crippen molar-refractivity contribution in [1.29, 1.82) is 0 Å². The first-order valence-electron chi connectivity index (χ1n) is 14.9. The van der Waals surface area contributed by atoms with Crippen molar-refractivity contribution in [2.75, 3.05) is 10.6 Å². The molecular formula is C36H26N12. The first-order chi connectivity index (χ1) is 23.8. The van der Waals surface area contributed by atoms with Gasteiger partial charge in [-0.2, -0.15) is 10.2 Å². The molecule has 12 heteroatoms. The molecule has 1 aromatic carbocycles. The Bertz CT molecular complexity index is 2110. The number of pyridine rings is 6. The van der Waals surface area contributed by atoms with Crippen LogP contribution in [-0.2, 0) is 0 Å². The molecule has 0 aliphatic heterocycles. The number of hydrogen-bond acceptors (Lipinski definition) is 10. The average molecular weight is 627 g/mol. The van der Waals surface area contributed by atoms with Crippen molar-refractivity contribution in [2.45, 2.75) is 0 Å². The Balaban J connectivity index is 1.18. The minimum atomic E-state index is 0.450. The van der Waals surface area contributed by atoms with E-state index in [4.69, 9.17) is 9.97 Å². The van der Waals surface area contributed by atoms with Gasteiger partial charge < -0.3 is 10.6 Å². The van der Waals surface area contributed by atoms with Crippen LogP contribution in [0, 0.1) is 0 Å². The lowest BCUT2D eigenvalue weighted by molar-refractivity contribution is 1.19. The monoisotopic (exact) mass is 626 g/mol. The zero-order valence-electron chi connectivity index (χ0n) is 25.3. The fourth-order valence-corrected chi connectivity index (χ4v) is 4.64. The highest BCUT2D eigenvalue weighted by atomic mass is 15.3. The van der Waals surface area contributed by atoms with Gasteiger partial charge in [0.1, 0.15) is 23.0 Å². The maximum atomic E-state index is 4.87. The van der Waals surface area contributed by atoms with E-state index >= 15 is 0 Å². The zero-order chi connectivity index (χ0) is 32.4. The molecular weight excluding hydrogens is 600 g/mol. The number of nitrogens with one attached hydrogen (secondary N) is 2. The van der Waals surface area contributed by atoms with Crippen molar-refractivity contribution < 1.29 is 0 Å². The SMILES string of the molecule is C(=NN=C(Nc1ccccn1)c1ccccn1)c1ccc2ccc3ccc(C=NN=C(Nc4ccccn4)c4ccccn4)nc3c2n1. The molecule has 7 rings (SSSR count). The van der Waals surface area contributed by atoms with Crippen molar-refractivity contribution >= 4 is 57.5 Å². The normalized spacial score (nSPS) is 12.2. The molecule has 2 N–H and O–H groups in total. The Morgan fingerprint density at radius 1 is 0.458 bits per heavy atom. The van der Waals surface area contributed by atoms with E-state index in [1.165, 1.54) is 0 Å². The van der Waals surface area contributed by atoms with Crippen LogP contribution in [0.3, 0.4) is 0 Å². The molecule has 0 fully saturated rings. The topological polar surface area (TPSA) is 151 Å². The van der Waals surface area contributed by atoms with E-state index in [0.717, 1.165) is 21.8 Å². The van der Waals surface area contributed by atoms with Crippen LogP contribution >= 0.6 is 0 Å². The molecule has 0 aliphatic rings. The summed E-state index contributed by atoms with van der Waals surface area (Å²) in [5.74, 6) is 2.15. The summed E-state index contributed by atoms with van der Waals surface area (Å²) >= 11 is 0. The summed E-state index contributed by atoms with van der Waals surface area (Å²) in [5.41, 5.74) is 3.93. The van der Waals surface area contributed by atoms with Gasteiger partial charge in [-0.15, -0.1) is 10.2 Å². The fourth-order valence-electron chi connectivity index (χ4n) is 4.64. The smallest absolute Gasteiger partial charge is 0.180 e. The average Bonchev–Trinajstić information content (AvgIpc) is 3.15. The first kappa shape index (κ1) is 29.6. The molecule has 230 valence electrons. The molecule has 12 nitrogen and oxygen atoms in total. The van der Waals surface area contributed by atoms with Gasteiger partial charge in [-0.1, -0.05) is 48.5 Å². The van der Waals surface area contributed by atoms with Crippen LogP contribution in [0.5, 0.6) is 0 Å². The van der Waals surface area contributed by atoms with Crippen LogP contribution in [0.4, 0.5) is 11.6 Å². The number of amidine groups is 2. The van der Waals surface area contributed by atoms with Crippen molar-refractivity contribution in [2.24, 2.45) is 20.4 Å². The van der Waals surface area contributed by atoms with Gasteiger partial charge >= 0.3 is 0 Å². The number of aromatic nitrogens is 6.